The molecule has 0 saturated carbocycles. The number of benzene rings is 1. The Hall–Kier alpha value is -0.910. The average Bonchev–Trinajstić information content (AvgIpc) is 2.35. The van der Waals surface area contributed by atoms with Crippen molar-refractivity contribution in [2.24, 2.45) is 5.73 Å². The fourth-order valence-corrected chi connectivity index (χ4v) is 2.78. The minimum atomic E-state index is -3.64. The number of thiol groups is 1. The molecule has 0 aromatic heterocycles. The first-order valence-electron chi connectivity index (χ1n) is 7.71. The monoisotopic (exact) mass is 329 g/mol. The smallest absolute Gasteiger partial charge is 0.148 e. The normalized spacial score (nSPS) is 14.0. The lowest BCUT2D eigenvalue weighted by molar-refractivity contribution is 0.418. The second-order valence-electron chi connectivity index (χ2n) is 7.76. The molecule has 22 heavy (non-hydrogen) atoms. The molecule has 0 heterocycles. The van der Waals surface area contributed by atoms with Crippen LogP contribution in [0, 0.1) is 0 Å². The van der Waals surface area contributed by atoms with Gasteiger partial charge in [0, 0.05) is 17.7 Å². The summed E-state index contributed by atoms with van der Waals surface area (Å²) in [6.07, 6.45) is 0. The highest BCUT2D eigenvalue weighted by atomic mass is 32.3. The van der Waals surface area contributed by atoms with E-state index in [2.05, 4.69) is 47.6 Å². The van der Waals surface area contributed by atoms with Crippen LogP contribution in [0.3, 0.4) is 0 Å². The maximum atomic E-state index is 12.1. The van der Waals surface area contributed by atoms with Crippen molar-refractivity contribution in [3.05, 3.63) is 28.8 Å². The third-order valence-corrected chi connectivity index (χ3v) is 4.96. The Bertz CT molecular complexity index is 583. The van der Waals surface area contributed by atoms with Crippen LogP contribution in [0.15, 0.2) is 12.1 Å². The molecule has 128 valence electrons. The third-order valence-electron chi connectivity index (χ3n) is 3.69. The van der Waals surface area contributed by atoms with Gasteiger partial charge in [-0.2, -0.15) is 0 Å². The van der Waals surface area contributed by atoms with Crippen LogP contribution in [0.5, 0.6) is 5.75 Å². The highest BCUT2D eigenvalue weighted by molar-refractivity contribution is 7.93. The van der Waals surface area contributed by atoms with Crippen molar-refractivity contribution >= 4 is 10.5 Å². The summed E-state index contributed by atoms with van der Waals surface area (Å²) in [5, 5.41) is 0. The summed E-state index contributed by atoms with van der Waals surface area (Å²) in [6, 6.07) is 4.06. The van der Waals surface area contributed by atoms with Crippen LogP contribution in [0.25, 0.3) is 0 Å². The number of nitrogens with two attached hydrogens (primary N) is 1. The van der Waals surface area contributed by atoms with Crippen molar-refractivity contribution in [2.75, 3.05) is 5.75 Å². The molecule has 0 spiro atoms. The zero-order valence-corrected chi connectivity index (χ0v) is 15.8. The zero-order chi connectivity index (χ0) is 17.3. The third kappa shape index (κ3) is 4.54. The molecule has 0 unspecified atom stereocenters. The quantitative estimate of drug-likeness (QED) is 0.739. The largest absolute Gasteiger partial charge is 0.405 e. The molecular formula is C17H31NO3S. The maximum Gasteiger partial charge on any atom is 0.148 e. The van der Waals surface area contributed by atoms with Gasteiger partial charge in [-0.15, -0.1) is 0 Å². The van der Waals surface area contributed by atoms with Crippen LogP contribution in [-0.2, 0) is 27.9 Å². The molecule has 3 N–H and O–H groups in total. The number of hydrogen-bond donors (Lipinski definition) is 3. The predicted molar refractivity (Wildman–Crippen MR) is 95.1 cm³/mol. The SMILES string of the molecule is CC[SH](=O)(O)Oc1c(CN)cc(C(C)(C)C)cc1C(C)(C)C. The van der Waals surface area contributed by atoms with Crippen LogP contribution in [0.2, 0.25) is 0 Å². The highest BCUT2D eigenvalue weighted by Gasteiger charge is 2.27. The van der Waals surface area contributed by atoms with Crippen molar-refractivity contribution in [3.8, 4) is 5.75 Å². The summed E-state index contributed by atoms with van der Waals surface area (Å²) in [5.41, 5.74) is 8.48. The Morgan fingerprint density at radius 1 is 1.14 bits per heavy atom. The fourth-order valence-electron chi connectivity index (χ4n) is 2.15. The Labute approximate surface area is 135 Å². The van der Waals surface area contributed by atoms with E-state index in [-0.39, 0.29) is 23.1 Å². The highest BCUT2D eigenvalue weighted by Crippen LogP contribution is 2.39. The van der Waals surface area contributed by atoms with Gasteiger partial charge in [-0.05, 0) is 16.4 Å². The van der Waals surface area contributed by atoms with Crippen LogP contribution in [0.4, 0.5) is 0 Å². The molecule has 0 aliphatic heterocycles. The molecule has 1 rings (SSSR count). The Kier molecular flexibility index (Phi) is 5.48. The van der Waals surface area contributed by atoms with E-state index in [1.54, 1.807) is 6.92 Å². The van der Waals surface area contributed by atoms with Crippen LogP contribution < -0.4 is 9.92 Å². The summed E-state index contributed by atoms with van der Waals surface area (Å²) in [7, 11) is -3.64. The van der Waals surface area contributed by atoms with Gasteiger partial charge < -0.3 is 14.5 Å². The van der Waals surface area contributed by atoms with E-state index in [1.807, 2.05) is 6.07 Å². The van der Waals surface area contributed by atoms with E-state index in [0.29, 0.717) is 5.75 Å². The molecule has 0 bridgehead atoms. The lowest BCUT2D eigenvalue weighted by Gasteiger charge is -2.30. The lowest BCUT2D eigenvalue weighted by atomic mass is 9.79. The summed E-state index contributed by atoms with van der Waals surface area (Å²) < 4.78 is 27.5. The maximum absolute atomic E-state index is 12.1. The van der Waals surface area contributed by atoms with Crippen molar-refractivity contribution in [3.63, 3.8) is 0 Å². The Balaban J connectivity index is 3.63. The van der Waals surface area contributed by atoms with Crippen molar-refractivity contribution in [2.45, 2.75) is 65.8 Å². The van der Waals surface area contributed by atoms with Gasteiger partial charge in [0.05, 0.1) is 5.75 Å². The number of hydrogen-bond acceptors (Lipinski definition) is 3. The van der Waals surface area contributed by atoms with Crippen LogP contribution >= 0.6 is 0 Å². The van der Waals surface area contributed by atoms with Gasteiger partial charge in [-0.25, -0.2) is 4.21 Å². The molecule has 0 aliphatic carbocycles. The van der Waals surface area contributed by atoms with Gasteiger partial charge in [0.1, 0.15) is 16.2 Å². The minimum Gasteiger partial charge on any atom is -0.405 e. The molecule has 1 aromatic carbocycles. The fraction of sp³-hybridized carbons (Fsp3) is 0.647. The standard InChI is InChI=1S/C17H31NO3S/c1-8-22(19,20)21-15-12(11-18)9-13(16(2,3)4)10-14(15)17(5,6)7/h9-10,22H,8,11,18H2,1-7H3,(H,19,20). The van der Waals surface area contributed by atoms with Gasteiger partial charge in [-0.3, -0.25) is 0 Å². The van der Waals surface area contributed by atoms with Crippen molar-refractivity contribution < 1.29 is 12.9 Å². The second kappa shape index (κ2) is 6.30. The minimum absolute atomic E-state index is 0.0316. The first-order chi connectivity index (χ1) is 9.81. The van der Waals surface area contributed by atoms with Crippen molar-refractivity contribution in [1.82, 2.24) is 0 Å². The van der Waals surface area contributed by atoms with Gasteiger partial charge in [-0.1, -0.05) is 60.6 Å². The molecule has 1 aromatic rings. The van der Waals surface area contributed by atoms with Gasteiger partial charge >= 0.3 is 0 Å². The molecule has 0 saturated heterocycles. The van der Waals surface area contributed by atoms with E-state index < -0.39 is 10.5 Å². The molecule has 5 heteroatoms. The Morgan fingerprint density at radius 3 is 2.05 bits per heavy atom. The topological polar surface area (TPSA) is 72.5 Å². The first-order valence-corrected chi connectivity index (χ1v) is 9.47. The summed E-state index contributed by atoms with van der Waals surface area (Å²) >= 11 is 0. The van der Waals surface area contributed by atoms with Gasteiger partial charge in [0.15, 0.2) is 0 Å². The summed E-state index contributed by atoms with van der Waals surface area (Å²) in [4.78, 5) is 0. The zero-order valence-electron chi connectivity index (χ0n) is 14.9. The number of rotatable bonds is 4. The van der Waals surface area contributed by atoms with Crippen LogP contribution in [-0.4, -0.2) is 14.5 Å². The Morgan fingerprint density at radius 2 is 1.68 bits per heavy atom. The molecule has 0 fully saturated rings. The molecule has 0 atom stereocenters. The average molecular weight is 330 g/mol. The molecular weight excluding hydrogens is 298 g/mol. The molecule has 4 nitrogen and oxygen atoms in total. The second-order valence-corrected chi connectivity index (χ2v) is 9.85. The van der Waals surface area contributed by atoms with E-state index in [9.17, 15) is 8.76 Å². The van der Waals surface area contributed by atoms with Crippen LogP contribution in [0.1, 0.15) is 65.2 Å². The van der Waals surface area contributed by atoms with E-state index in [1.165, 1.54) is 0 Å². The molecule has 0 aliphatic rings. The summed E-state index contributed by atoms with van der Waals surface area (Å²) in [5.74, 6) is 0.539. The molecule has 0 amide bonds. The summed E-state index contributed by atoms with van der Waals surface area (Å²) in [6.45, 7) is 14.5. The van der Waals surface area contributed by atoms with Gasteiger partial charge in [0.2, 0.25) is 0 Å². The van der Waals surface area contributed by atoms with Gasteiger partial charge in [0.25, 0.3) is 0 Å². The van der Waals surface area contributed by atoms with E-state index in [4.69, 9.17) is 9.92 Å². The lowest BCUT2D eigenvalue weighted by Crippen LogP contribution is -2.26. The van der Waals surface area contributed by atoms with E-state index >= 15 is 0 Å². The molecule has 0 radical (unpaired) electrons. The van der Waals surface area contributed by atoms with Crippen molar-refractivity contribution in [1.29, 1.82) is 0 Å². The predicted octanol–water partition coefficient (Wildman–Crippen LogP) is 3.54. The first kappa shape index (κ1) is 19.1. The van der Waals surface area contributed by atoms with E-state index in [0.717, 1.165) is 16.7 Å².